The lowest BCUT2D eigenvalue weighted by molar-refractivity contribution is -0.129. The van der Waals surface area contributed by atoms with E-state index in [1.54, 1.807) is 28.9 Å². The van der Waals surface area contributed by atoms with Crippen molar-refractivity contribution in [2.45, 2.75) is 12.6 Å². The van der Waals surface area contributed by atoms with Crippen LogP contribution in [0.25, 0.3) is 10.8 Å². The fraction of sp³-hybridized carbons (Fsp3) is 0.250. The van der Waals surface area contributed by atoms with Crippen LogP contribution in [-0.4, -0.2) is 28.9 Å². The Kier molecular flexibility index (Phi) is 3.99. The molecule has 118 valence electrons. The first-order valence-corrected chi connectivity index (χ1v) is 9.10. The van der Waals surface area contributed by atoms with Crippen molar-refractivity contribution in [1.82, 2.24) is 15.2 Å². The smallest absolute Gasteiger partial charge is 0.242 e. The van der Waals surface area contributed by atoms with Gasteiger partial charge in [-0.15, -0.1) is 22.7 Å². The molecule has 4 heterocycles. The Morgan fingerprint density at radius 1 is 1.30 bits per heavy atom. The summed E-state index contributed by atoms with van der Waals surface area (Å²) >= 11 is 3.21. The van der Waals surface area contributed by atoms with Crippen LogP contribution < -0.4 is 5.32 Å². The second-order valence-corrected chi connectivity index (χ2v) is 7.23. The first kappa shape index (κ1) is 14.6. The van der Waals surface area contributed by atoms with Gasteiger partial charge in [-0.3, -0.25) is 9.69 Å². The SMILES string of the molecule is O=C1NCCN(Cc2coc(-c3cccs3)n2)C1c1cccs1. The molecule has 0 radical (unpaired) electrons. The highest BCUT2D eigenvalue weighted by atomic mass is 32.1. The second-order valence-electron chi connectivity index (χ2n) is 5.30. The van der Waals surface area contributed by atoms with Gasteiger partial charge in [-0.25, -0.2) is 4.98 Å². The molecule has 1 aliphatic rings. The predicted molar refractivity (Wildman–Crippen MR) is 90.3 cm³/mol. The van der Waals surface area contributed by atoms with Gasteiger partial charge >= 0.3 is 0 Å². The Morgan fingerprint density at radius 3 is 2.96 bits per heavy atom. The number of aromatic nitrogens is 1. The highest BCUT2D eigenvalue weighted by Crippen LogP contribution is 2.29. The monoisotopic (exact) mass is 345 g/mol. The summed E-state index contributed by atoms with van der Waals surface area (Å²) in [7, 11) is 0. The lowest BCUT2D eigenvalue weighted by atomic mass is 10.1. The van der Waals surface area contributed by atoms with Crippen molar-refractivity contribution in [3.8, 4) is 10.8 Å². The number of piperazine rings is 1. The molecule has 1 unspecified atom stereocenters. The number of carbonyl (C=O) groups is 1. The molecule has 0 aromatic carbocycles. The summed E-state index contributed by atoms with van der Waals surface area (Å²) in [5.74, 6) is 0.699. The van der Waals surface area contributed by atoms with Crippen LogP contribution in [-0.2, 0) is 11.3 Å². The fourth-order valence-corrected chi connectivity index (χ4v) is 4.25. The summed E-state index contributed by atoms with van der Waals surface area (Å²) in [5.41, 5.74) is 0.852. The third-order valence-corrected chi connectivity index (χ3v) is 5.56. The van der Waals surface area contributed by atoms with Crippen molar-refractivity contribution < 1.29 is 9.21 Å². The molecule has 0 spiro atoms. The van der Waals surface area contributed by atoms with Gasteiger partial charge in [0, 0.05) is 24.5 Å². The van der Waals surface area contributed by atoms with E-state index in [4.69, 9.17) is 4.42 Å². The van der Waals surface area contributed by atoms with Gasteiger partial charge < -0.3 is 9.73 Å². The topological polar surface area (TPSA) is 58.4 Å². The molecule has 1 amide bonds. The minimum absolute atomic E-state index is 0.0562. The van der Waals surface area contributed by atoms with Crippen LogP contribution in [0.5, 0.6) is 0 Å². The maximum atomic E-state index is 12.3. The van der Waals surface area contributed by atoms with Gasteiger partial charge in [-0.2, -0.15) is 0 Å². The number of oxazole rings is 1. The summed E-state index contributed by atoms with van der Waals surface area (Å²) in [6, 6.07) is 7.71. The average Bonchev–Trinajstić information content (AvgIpc) is 3.30. The zero-order valence-electron chi connectivity index (χ0n) is 12.3. The third-order valence-electron chi connectivity index (χ3n) is 3.77. The van der Waals surface area contributed by atoms with Crippen LogP contribution >= 0.6 is 22.7 Å². The molecule has 5 nitrogen and oxygen atoms in total. The van der Waals surface area contributed by atoms with E-state index in [2.05, 4.69) is 15.2 Å². The number of hydrogen-bond acceptors (Lipinski definition) is 6. The molecular weight excluding hydrogens is 330 g/mol. The summed E-state index contributed by atoms with van der Waals surface area (Å²) in [6.45, 7) is 2.07. The van der Waals surface area contributed by atoms with E-state index in [0.29, 0.717) is 19.0 Å². The van der Waals surface area contributed by atoms with Crippen molar-refractivity contribution in [3.63, 3.8) is 0 Å². The minimum atomic E-state index is -0.245. The average molecular weight is 345 g/mol. The van der Waals surface area contributed by atoms with Gasteiger partial charge in [0.15, 0.2) is 0 Å². The van der Waals surface area contributed by atoms with Gasteiger partial charge in [0.1, 0.15) is 12.3 Å². The predicted octanol–water partition coefficient (Wildman–Crippen LogP) is 3.14. The lowest BCUT2D eigenvalue weighted by Crippen LogP contribution is -2.49. The van der Waals surface area contributed by atoms with Crippen LogP contribution in [0, 0.1) is 0 Å². The molecule has 3 aromatic rings. The van der Waals surface area contributed by atoms with Gasteiger partial charge in [0.05, 0.1) is 10.6 Å². The molecule has 7 heteroatoms. The summed E-state index contributed by atoms with van der Waals surface area (Å²) in [4.78, 5) is 21.1. The number of rotatable bonds is 4. The van der Waals surface area contributed by atoms with E-state index >= 15 is 0 Å². The number of carbonyl (C=O) groups excluding carboxylic acids is 1. The van der Waals surface area contributed by atoms with Gasteiger partial charge in [0.2, 0.25) is 11.8 Å². The van der Waals surface area contributed by atoms with Crippen LogP contribution in [0.2, 0.25) is 0 Å². The standard InChI is InChI=1S/C16H15N3O2S2/c20-15-14(12-3-1-7-22-12)19(6-5-17-15)9-11-10-21-16(18-11)13-4-2-8-23-13/h1-4,7-8,10,14H,5-6,9H2,(H,17,20). The second kappa shape index (κ2) is 6.27. The highest BCUT2D eigenvalue weighted by molar-refractivity contribution is 7.13. The third kappa shape index (κ3) is 2.95. The van der Waals surface area contributed by atoms with Crippen molar-refractivity contribution >= 4 is 28.6 Å². The zero-order chi connectivity index (χ0) is 15.6. The van der Waals surface area contributed by atoms with Gasteiger partial charge in [-0.1, -0.05) is 12.1 Å². The number of nitrogens with one attached hydrogen (secondary N) is 1. The van der Waals surface area contributed by atoms with Crippen molar-refractivity contribution in [2.24, 2.45) is 0 Å². The molecule has 3 aromatic heterocycles. The van der Waals surface area contributed by atoms with E-state index in [-0.39, 0.29) is 11.9 Å². The quantitative estimate of drug-likeness (QED) is 0.789. The maximum Gasteiger partial charge on any atom is 0.242 e. The van der Waals surface area contributed by atoms with Crippen molar-refractivity contribution in [1.29, 1.82) is 0 Å². The molecule has 0 saturated carbocycles. The van der Waals surface area contributed by atoms with Crippen molar-refractivity contribution in [3.05, 3.63) is 51.9 Å². The maximum absolute atomic E-state index is 12.3. The lowest BCUT2D eigenvalue weighted by Gasteiger charge is -2.33. The highest BCUT2D eigenvalue weighted by Gasteiger charge is 2.32. The minimum Gasteiger partial charge on any atom is -0.444 e. The van der Waals surface area contributed by atoms with Crippen LogP contribution in [0.3, 0.4) is 0 Å². The largest absolute Gasteiger partial charge is 0.444 e. The summed E-state index contributed by atoms with van der Waals surface area (Å²) < 4.78 is 5.58. The Hall–Kier alpha value is -1.96. The number of hydrogen-bond donors (Lipinski definition) is 1. The van der Waals surface area contributed by atoms with Crippen LogP contribution in [0.15, 0.2) is 45.7 Å². The molecule has 23 heavy (non-hydrogen) atoms. The number of nitrogens with zero attached hydrogens (tertiary/aromatic N) is 2. The van der Waals surface area contributed by atoms with Gasteiger partial charge in [-0.05, 0) is 22.9 Å². The Bertz CT molecular complexity index is 780. The summed E-state index contributed by atoms with van der Waals surface area (Å²) in [5, 5.41) is 6.95. The molecule has 1 fully saturated rings. The molecule has 1 saturated heterocycles. The van der Waals surface area contributed by atoms with Crippen molar-refractivity contribution in [2.75, 3.05) is 13.1 Å². The first-order chi connectivity index (χ1) is 11.3. The van der Waals surface area contributed by atoms with E-state index < -0.39 is 0 Å². The van der Waals surface area contributed by atoms with E-state index in [9.17, 15) is 4.79 Å². The molecule has 0 bridgehead atoms. The molecule has 1 N–H and O–H groups in total. The fourth-order valence-electron chi connectivity index (χ4n) is 2.74. The zero-order valence-corrected chi connectivity index (χ0v) is 13.9. The van der Waals surface area contributed by atoms with E-state index in [0.717, 1.165) is 22.0 Å². The number of thiophene rings is 2. The molecule has 1 atom stereocenters. The molecule has 4 rings (SSSR count). The summed E-state index contributed by atoms with van der Waals surface area (Å²) in [6.07, 6.45) is 1.69. The first-order valence-electron chi connectivity index (χ1n) is 7.35. The normalized spacial score (nSPS) is 19.0. The Balaban J connectivity index is 1.56. The molecular formula is C16H15N3O2S2. The van der Waals surface area contributed by atoms with E-state index in [1.807, 2.05) is 35.0 Å². The van der Waals surface area contributed by atoms with Crippen LogP contribution in [0.1, 0.15) is 16.6 Å². The Morgan fingerprint density at radius 2 is 2.17 bits per heavy atom. The molecule has 0 aliphatic carbocycles. The Labute approximate surface area is 141 Å². The molecule has 1 aliphatic heterocycles. The van der Waals surface area contributed by atoms with Gasteiger partial charge in [0.25, 0.3) is 0 Å². The number of amides is 1. The van der Waals surface area contributed by atoms with Crippen LogP contribution in [0.4, 0.5) is 0 Å². The van der Waals surface area contributed by atoms with E-state index in [1.165, 1.54) is 0 Å².